The summed E-state index contributed by atoms with van der Waals surface area (Å²) in [4.78, 5) is 8.85. The first-order valence-electron chi connectivity index (χ1n) is 9.46. The number of hydrogen-bond acceptors (Lipinski definition) is 3. The van der Waals surface area contributed by atoms with Gasteiger partial charge < -0.3 is 0 Å². The largest absolute Gasteiger partial charge is 0.299 e. The van der Waals surface area contributed by atoms with E-state index in [0.29, 0.717) is 29.5 Å². The van der Waals surface area contributed by atoms with Crippen molar-refractivity contribution in [1.29, 1.82) is 0 Å². The van der Waals surface area contributed by atoms with Crippen molar-refractivity contribution < 1.29 is 4.39 Å². The fourth-order valence-electron chi connectivity index (χ4n) is 3.57. The minimum Gasteiger partial charge on any atom is -0.299 e. The summed E-state index contributed by atoms with van der Waals surface area (Å²) >= 11 is 0. The van der Waals surface area contributed by atoms with Gasteiger partial charge in [0.25, 0.3) is 0 Å². The molecule has 0 saturated carbocycles. The van der Waals surface area contributed by atoms with Crippen molar-refractivity contribution >= 4 is 0 Å². The number of imidazole rings is 1. The van der Waals surface area contributed by atoms with Crippen LogP contribution in [0.1, 0.15) is 42.3 Å². The molecule has 0 saturated heterocycles. The minimum atomic E-state index is -0.313. The van der Waals surface area contributed by atoms with E-state index in [-0.39, 0.29) is 5.82 Å². The maximum Gasteiger partial charge on any atom is 0.160 e. The summed E-state index contributed by atoms with van der Waals surface area (Å²) in [5, 5.41) is 4.31. The molecule has 29 heavy (non-hydrogen) atoms. The highest BCUT2D eigenvalue weighted by molar-refractivity contribution is 5.69. The van der Waals surface area contributed by atoms with E-state index in [9.17, 15) is 4.39 Å². The molecule has 1 aliphatic heterocycles. The van der Waals surface area contributed by atoms with Gasteiger partial charge in [-0.1, -0.05) is 31.9 Å². The molecular weight excluding hydrogens is 365 g/mol. The number of benzene rings is 2. The molecule has 0 N–H and O–H groups in total. The lowest BCUT2D eigenvalue weighted by molar-refractivity contribution is 0.627. The summed E-state index contributed by atoms with van der Waals surface area (Å²) in [6.07, 6.45) is 3.21. The third-order valence-electron chi connectivity index (χ3n) is 5.12. The second-order valence-corrected chi connectivity index (χ2v) is 7.34. The van der Waals surface area contributed by atoms with Gasteiger partial charge in [-0.2, -0.15) is 5.10 Å². The Bertz CT molecular complexity index is 1290. The number of aromatic nitrogens is 5. The van der Waals surface area contributed by atoms with Crippen LogP contribution in [-0.4, -0.2) is 24.3 Å². The van der Waals surface area contributed by atoms with Crippen molar-refractivity contribution in [1.82, 2.24) is 24.3 Å². The number of nitrogens with zero attached hydrogens (tertiary/aromatic N) is 5. The Morgan fingerprint density at radius 3 is 2.83 bits per heavy atom. The fraction of sp³-hybridized carbons (Fsp3) is 0.174. The highest BCUT2D eigenvalue weighted by Crippen LogP contribution is 2.31. The van der Waals surface area contributed by atoms with Crippen molar-refractivity contribution in [2.24, 2.45) is 0 Å². The van der Waals surface area contributed by atoms with E-state index in [1.807, 2.05) is 16.7 Å². The van der Waals surface area contributed by atoms with Gasteiger partial charge in [0.1, 0.15) is 24.2 Å². The van der Waals surface area contributed by atoms with Crippen LogP contribution in [0.25, 0.3) is 17.1 Å². The lowest BCUT2D eigenvalue weighted by Gasteiger charge is -2.08. The SMILES string of the molecule is CC(C)c1cccc(C#Cc2ncn3c2Cn2ncnc2-c2cc(F)ccc2-3)c1. The van der Waals surface area contributed by atoms with Crippen LogP contribution in [0.15, 0.2) is 55.1 Å². The Morgan fingerprint density at radius 2 is 1.97 bits per heavy atom. The zero-order valence-corrected chi connectivity index (χ0v) is 16.1. The molecule has 2 aromatic carbocycles. The first kappa shape index (κ1) is 17.4. The van der Waals surface area contributed by atoms with Crippen LogP contribution in [0.3, 0.4) is 0 Å². The molecule has 0 spiro atoms. The van der Waals surface area contributed by atoms with Crippen LogP contribution in [0, 0.1) is 17.7 Å². The molecule has 5 nitrogen and oxygen atoms in total. The molecule has 0 aliphatic carbocycles. The van der Waals surface area contributed by atoms with Gasteiger partial charge in [-0.25, -0.2) is 19.0 Å². The first-order chi connectivity index (χ1) is 14.1. The standard InChI is InChI=1S/C23H18FN5/c1-15(2)17-5-3-4-16(10-17)6-8-20-22-12-29-23(25-13-27-29)19-11-18(24)7-9-21(19)28(22)14-26-20/h3-5,7,9-11,13-15H,12H2,1-2H3. The van der Waals surface area contributed by atoms with Crippen LogP contribution in [0.4, 0.5) is 4.39 Å². The molecule has 0 radical (unpaired) electrons. The second-order valence-electron chi connectivity index (χ2n) is 7.34. The van der Waals surface area contributed by atoms with Crippen LogP contribution in [0.2, 0.25) is 0 Å². The van der Waals surface area contributed by atoms with E-state index >= 15 is 0 Å². The predicted octanol–water partition coefficient (Wildman–Crippen LogP) is 4.15. The average Bonchev–Trinajstić information content (AvgIpc) is 3.32. The van der Waals surface area contributed by atoms with Crippen LogP contribution in [-0.2, 0) is 6.54 Å². The number of rotatable bonds is 1. The highest BCUT2D eigenvalue weighted by Gasteiger charge is 2.23. The maximum absolute atomic E-state index is 13.9. The van der Waals surface area contributed by atoms with Gasteiger partial charge in [-0.15, -0.1) is 0 Å². The lowest BCUT2D eigenvalue weighted by atomic mass is 10.0. The zero-order chi connectivity index (χ0) is 20.0. The number of fused-ring (bicyclic) bond motifs is 5. The van der Waals surface area contributed by atoms with Crippen molar-refractivity contribution in [2.45, 2.75) is 26.3 Å². The molecule has 6 heteroatoms. The van der Waals surface area contributed by atoms with E-state index in [0.717, 1.165) is 16.9 Å². The summed E-state index contributed by atoms with van der Waals surface area (Å²) in [7, 11) is 0. The van der Waals surface area contributed by atoms with E-state index in [4.69, 9.17) is 0 Å². The predicted molar refractivity (Wildman–Crippen MR) is 108 cm³/mol. The molecule has 142 valence electrons. The molecular formula is C23H18FN5. The smallest absolute Gasteiger partial charge is 0.160 e. The number of hydrogen-bond donors (Lipinski definition) is 0. The van der Waals surface area contributed by atoms with Crippen molar-refractivity contribution in [2.75, 3.05) is 0 Å². The summed E-state index contributed by atoms with van der Waals surface area (Å²) in [5.41, 5.74) is 5.28. The second kappa shape index (κ2) is 6.71. The highest BCUT2D eigenvalue weighted by atomic mass is 19.1. The summed E-state index contributed by atoms with van der Waals surface area (Å²) < 4.78 is 17.6. The Balaban J connectivity index is 1.62. The minimum absolute atomic E-state index is 0.313. The molecule has 0 fully saturated rings. The molecule has 5 rings (SSSR count). The third kappa shape index (κ3) is 3.01. The Hall–Kier alpha value is -3.72. The van der Waals surface area contributed by atoms with E-state index in [1.54, 1.807) is 17.1 Å². The van der Waals surface area contributed by atoms with Gasteiger partial charge in [0.05, 0.1) is 17.9 Å². The first-order valence-corrected chi connectivity index (χ1v) is 9.46. The van der Waals surface area contributed by atoms with E-state index in [1.165, 1.54) is 24.0 Å². The van der Waals surface area contributed by atoms with Gasteiger partial charge >= 0.3 is 0 Å². The Kier molecular flexibility index (Phi) is 4.02. The third-order valence-corrected chi connectivity index (χ3v) is 5.12. The normalized spacial score (nSPS) is 11.9. The van der Waals surface area contributed by atoms with Crippen LogP contribution >= 0.6 is 0 Å². The average molecular weight is 383 g/mol. The summed E-state index contributed by atoms with van der Waals surface area (Å²) in [5.74, 6) is 7.21. The lowest BCUT2D eigenvalue weighted by Crippen LogP contribution is -2.05. The van der Waals surface area contributed by atoms with Gasteiger partial charge in [0.2, 0.25) is 0 Å². The van der Waals surface area contributed by atoms with Gasteiger partial charge in [0.15, 0.2) is 5.82 Å². The molecule has 3 heterocycles. The molecule has 0 amide bonds. The Labute approximate surface area is 167 Å². The van der Waals surface area contributed by atoms with E-state index in [2.05, 4.69) is 52.9 Å². The van der Waals surface area contributed by atoms with Gasteiger partial charge in [-0.05, 0) is 47.7 Å². The molecule has 1 aliphatic rings. The van der Waals surface area contributed by atoms with Crippen LogP contribution in [0.5, 0.6) is 0 Å². The summed E-state index contributed by atoms with van der Waals surface area (Å²) in [6, 6.07) is 12.9. The quantitative estimate of drug-likeness (QED) is 0.409. The van der Waals surface area contributed by atoms with E-state index < -0.39 is 0 Å². The molecule has 0 atom stereocenters. The fourth-order valence-corrected chi connectivity index (χ4v) is 3.57. The monoisotopic (exact) mass is 383 g/mol. The van der Waals surface area contributed by atoms with Crippen molar-refractivity contribution in [3.8, 4) is 28.9 Å². The van der Waals surface area contributed by atoms with Crippen molar-refractivity contribution in [3.63, 3.8) is 0 Å². The topological polar surface area (TPSA) is 48.5 Å². The molecule has 0 bridgehead atoms. The summed E-state index contributed by atoms with van der Waals surface area (Å²) in [6.45, 7) is 4.79. The van der Waals surface area contributed by atoms with Crippen molar-refractivity contribution in [3.05, 3.63) is 83.5 Å². The van der Waals surface area contributed by atoms with Crippen LogP contribution < -0.4 is 0 Å². The molecule has 2 aromatic heterocycles. The Morgan fingerprint density at radius 1 is 1.07 bits per heavy atom. The van der Waals surface area contributed by atoms with Gasteiger partial charge in [-0.3, -0.25) is 4.57 Å². The molecule has 4 aromatic rings. The zero-order valence-electron chi connectivity index (χ0n) is 16.1. The maximum atomic E-state index is 13.9. The molecule has 0 unspecified atom stereocenters. The number of halogens is 1. The van der Waals surface area contributed by atoms with Gasteiger partial charge in [0, 0.05) is 11.1 Å².